The number of hydrogen-bond acceptors (Lipinski definition) is 3. The van der Waals surface area contributed by atoms with Crippen LogP contribution in [0.5, 0.6) is 0 Å². The van der Waals surface area contributed by atoms with Crippen LogP contribution < -0.4 is 0 Å². The van der Waals surface area contributed by atoms with Crippen LogP contribution in [0.25, 0.3) is 0 Å². The third-order valence-corrected chi connectivity index (χ3v) is 5.49. The van der Waals surface area contributed by atoms with Gasteiger partial charge in [-0.1, -0.05) is 19.8 Å². The number of aliphatic hydroxyl groups is 1. The van der Waals surface area contributed by atoms with Gasteiger partial charge in [-0.15, -0.1) is 0 Å². The van der Waals surface area contributed by atoms with Gasteiger partial charge >= 0.3 is 0 Å². The number of carbonyl (C=O) groups is 1. The molecule has 0 saturated heterocycles. The fourth-order valence-corrected chi connectivity index (χ4v) is 3.91. The quantitative estimate of drug-likeness (QED) is 0.817. The van der Waals surface area contributed by atoms with Crippen LogP contribution in [0.15, 0.2) is 0 Å². The number of rotatable bonds is 6. The molecule has 0 atom stereocenters. The highest BCUT2D eigenvalue weighted by Gasteiger charge is 2.28. The van der Waals surface area contributed by atoms with E-state index in [1.165, 1.54) is 38.5 Å². The molecule has 0 aliphatic heterocycles. The number of amides is 1. The smallest absolute Gasteiger partial charge is 0.236 e. The summed E-state index contributed by atoms with van der Waals surface area (Å²) in [5.41, 5.74) is 0. The van der Waals surface area contributed by atoms with E-state index in [1.807, 2.05) is 11.9 Å². The van der Waals surface area contributed by atoms with Crippen molar-refractivity contribution in [1.82, 2.24) is 9.80 Å². The molecular weight excluding hydrogens is 264 g/mol. The Labute approximate surface area is 129 Å². The van der Waals surface area contributed by atoms with E-state index in [9.17, 15) is 9.90 Å². The van der Waals surface area contributed by atoms with E-state index < -0.39 is 0 Å². The van der Waals surface area contributed by atoms with Crippen LogP contribution in [0.1, 0.15) is 58.3 Å². The molecule has 1 amide bonds. The summed E-state index contributed by atoms with van der Waals surface area (Å²) in [6.45, 7) is 3.56. The molecule has 2 saturated carbocycles. The fourth-order valence-electron chi connectivity index (χ4n) is 3.91. The zero-order valence-electron chi connectivity index (χ0n) is 13.8. The molecule has 0 radical (unpaired) electrons. The summed E-state index contributed by atoms with van der Waals surface area (Å²) in [5, 5.41) is 9.26. The van der Waals surface area contributed by atoms with Crippen LogP contribution in [-0.2, 0) is 4.79 Å². The normalized spacial score (nSPS) is 27.2. The van der Waals surface area contributed by atoms with Crippen molar-refractivity contribution in [3.63, 3.8) is 0 Å². The Kier molecular flexibility index (Phi) is 6.49. The predicted molar refractivity (Wildman–Crippen MR) is 85.1 cm³/mol. The molecule has 0 aromatic rings. The number of likely N-dealkylation sites (N-methyl/N-ethyl adjacent to an activating group) is 1. The van der Waals surface area contributed by atoms with E-state index in [1.54, 1.807) is 0 Å². The lowest BCUT2D eigenvalue weighted by Crippen LogP contribution is -2.47. The molecule has 0 unspecified atom stereocenters. The highest BCUT2D eigenvalue weighted by Crippen LogP contribution is 2.27. The number of aliphatic hydroxyl groups excluding tert-OH is 1. The standard InChI is InChI=1S/C17H32N2O2/c1-14-7-9-15(10-8-14)18(2)17(21)13-19(11-12-20)16-5-3-4-6-16/h14-16,20H,3-13H2,1-2H3. The van der Waals surface area contributed by atoms with E-state index in [2.05, 4.69) is 11.8 Å². The van der Waals surface area contributed by atoms with Gasteiger partial charge < -0.3 is 10.0 Å². The Morgan fingerprint density at radius 1 is 1.05 bits per heavy atom. The van der Waals surface area contributed by atoms with E-state index in [-0.39, 0.29) is 12.5 Å². The number of carbonyl (C=O) groups excluding carboxylic acids is 1. The molecule has 0 heterocycles. The fraction of sp³-hybridized carbons (Fsp3) is 0.941. The van der Waals surface area contributed by atoms with E-state index in [4.69, 9.17) is 0 Å². The molecule has 0 spiro atoms. The molecule has 0 aromatic heterocycles. The summed E-state index contributed by atoms with van der Waals surface area (Å²) in [7, 11) is 1.97. The van der Waals surface area contributed by atoms with Gasteiger partial charge in [-0.3, -0.25) is 9.69 Å². The first-order chi connectivity index (χ1) is 10.1. The number of hydrogen-bond donors (Lipinski definition) is 1. The molecule has 0 aromatic carbocycles. The first-order valence-corrected chi connectivity index (χ1v) is 8.72. The molecule has 2 fully saturated rings. The van der Waals surface area contributed by atoms with E-state index in [0.29, 0.717) is 25.2 Å². The Morgan fingerprint density at radius 2 is 1.67 bits per heavy atom. The van der Waals surface area contributed by atoms with Gasteiger partial charge in [0, 0.05) is 25.7 Å². The van der Waals surface area contributed by atoms with Crippen molar-refractivity contribution >= 4 is 5.91 Å². The highest BCUT2D eigenvalue weighted by molar-refractivity contribution is 5.78. The third kappa shape index (κ3) is 4.68. The average molecular weight is 296 g/mol. The van der Waals surface area contributed by atoms with Gasteiger partial charge in [0.15, 0.2) is 0 Å². The molecule has 1 N–H and O–H groups in total. The molecule has 2 aliphatic rings. The van der Waals surface area contributed by atoms with Crippen molar-refractivity contribution in [2.24, 2.45) is 5.92 Å². The zero-order chi connectivity index (χ0) is 15.2. The van der Waals surface area contributed by atoms with Crippen LogP contribution in [0, 0.1) is 5.92 Å². The topological polar surface area (TPSA) is 43.8 Å². The van der Waals surface area contributed by atoms with Crippen LogP contribution in [0.3, 0.4) is 0 Å². The minimum Gasteiger partial charge on any atom is -0.395 e. The van der Waals surface area contributed by atoms with Crippen LogP contribution >= 0.6 is 0 Å². The summed E-state index contributed by atoms with van der Waals surface area (Å²) >= 11 is 0. The van der Waals surface area contributed by atoms with E-state index in [0.717, 1.165) is 18.8 Å². The van der Waals surface area contributed by atoms with Gasteiger partial charge in [0.2, 0.25) is 5.91 Å². The maximum Gasteiger partial charge on any atom is 0.236 e. The van der Waals surface area contributed by atoms with Gasteiger partial charge in [-0.2, -0.15) is 0 Å². The summed E-state index contributed by atoms with van der Waals surface area (Å²) in [4.78, 5) is 16.8. The van der Waals surface area contributed by atoms with Crippen molar-refractivity contribution in [2.45, 2.75) is 70.4 Å². The second-order valence-electron chi connectivity index (χ2n) is 7.05. The Hall–Kier alpha value is -0.610. The summed E-state index contributed by atoms with van der Waals surface area (Å²) in [5.74, 6) is 1.05. The van der Waals surface area contributed by atoms with Crippen molar-refractivity contribution in [3.05, 3.63) is 0 Å². The molecular formula is C17H32N2O2. The maximum atomic E-state index is 12.6. The molecule has 4 heteroatoms. The molecule has 4 nitrogen and oxygen atoms in total. The number of nitrogens with zero attached hydrogens (tertiary/aromatic N) is 2. The zero-order valence-corrected chi connectivity index (χ0v) is 13.8. The van der Waals surface area contributed by atoms with Crippen molar-refractivity contribution < 1.29 is 9.90 Å². The highest BCUT2D eigenvalue weighted by atomic mass is 16.3. The molecule has 2 aliphatic carbocycles. The minimum absolute atomic E-state index is 0.147. The maximum absolute atomic E-state index is 12.6. The van der Waals surface area contributed by atoms with Gasteiger partial charge in [-0.05, 0) is 44.4 Å². The Morgan fingerprint density at radius 3 is 2.24 bits per heavy atom. The van der Waals surface area contributed by atoms with Gasteiger partial charge in [0.05, 0.1) is 13.2 Å². The van der Waals surface area contributed by atoms with E-state index >= 15 is 0 Å². The van der Waals surface area contributed by atoms with Crippen LogP contribution in [-0.4, -0.2) is 59.6 Å². The lowest BCUT2D eigenvalue weighted by molar-refractivity contribution is -0.134. The SMILES string of the molecule is CC1CCC(N(C)C(=O)CN(CCO)C2CCCC2)CC1. The monoisotopic (exact) mass is 296 g/mol. The molecule has 21 heavy (non-hydrogen) atoms. The minimum atomic E-state index is 0.147. The first-order valence-electron chi connectivity index (χ1n) is 8.72. The van der Waals surface area contributed by atoms with Crippen molar-refractivity contribution in [1.29, 1.82) is 0 Å². The second-order valence-corrected chi connectivity index (χ2v) is 7.05. The predicted octanol–water partition coefficient (Wildman–Crippen LogP) is 2.26. The molecule has 2 rings (SSSR count). The molecule has 122 valence electrons. The second kappa shape index (κ2) is 8.14. The summed E-state index contributed by atoms with van der Waals surface area (Å²) in [6, 6.07) is 0.925. The van der Waals surface area contributed by atoms with Gasteiger partial charge in [0.25, 0.3) is 0 Å². The largest absolute Gasteiger partial charge is 0.395 e. The van der Waals surface area contributed by atoms with Crippen LogP contribution in [0.4, 0.5) is 0 Å². The summed E-state index contributed by atoms with van der Waals surface area (Å²) < 4.78 is 0. The lowest BCUT2D eigenvalue weighted by Gasteiger charge is -2.36. The van der Waals surface area contributed by atoms with Crippen molar-refractivity contribution in [2.75, 3.05) is 26.7 Å². The average Bonchev–Trinajstić information content (AvgIpc) is 3.01. The lowest BCUT2D eigenvalue weighted by atomic mass is 9.87. The van der Waals surface area contributed by atoms with Crippen molar-refractivity contribution in [3.8, 4) is 0 Å². The molecule has 0 bridgehead atoms. The van der Waals surface area contributed by atoms with Gasteiger partial charge in [0.1, 0.15) is 0 Å². The first kappa shape index (κ1) is 16.8. The third-order valence-electron chi connectivity index (χ3n) is 5.49. The van der Waals surface area contributed by atoms with Crippen LogP contribution in [0.2, 0.25) is 0 Å². The van der Waals surface area contributed by atoms with Gasteiger partial charge in [-0.25, -0.2) is 0 Å². The summed E-state index contributed by atoms with van der Waals surface area (Å²) in [6.07, 6.45) is 9.65. The Balaban J connectivity index is 1.85. The Bertz CT molecular complexity index is 321.